The van der Waals surface area contributed by atoms with Crippen molar-refractivity contribution in [1.29, 1.82) is 0 Å². The van der Waals surface area contributed by atoms with E-state index in [2.05, 4.69) is 6.07 Å². The van der Waals surface area contributed by atoms with Crippen LogP contribution in [0, 0.1) is 24.6 Å². The van der Waals surface area contributed by atoms with Gasteiger partial charge < -0.3 is 0 Å². The Morgan fingerprint density at radius 1 is 1.06 bits per heavy atom. The van der Waals surface area contributed by atoms with Crippen LogP contribution in [0.25, 0.3) is 11.1 Å². The number of rotatable bonds is 1. The molecule has 0 saturated heterocycles. The third-order valence-electron chi connectivity index (χ3n) is 2.32. The van der Waals surface area contributed by atoms with Gasteiger partial charge in [0.25, 0.3) is 0 Å². The summed E-state index contributed by atoms with van der Waals surface area (Å²) >= 11 is 11.6. The molecule has 87 valence electrons. The second kappa shape index (κ2) is 4.63. The molecule has 17 heavy (non-hydrogen) atoms. The van der Waals surface area contributed by atoms with Crippen molar-refractivity contribution in [3.05, 3.63) is 57.6 Å². The SMILES string of the molecule is Cc1cc(F)c(-c2ccc(Cl)[c]c2Cl)c(F)c1. The molecule has 0 atom stereocenters. The lowest BCUT2D eigenvalue weighted by Gasteiger charge is -2.08. The number of halogens is 4. The van der Waals surface area contributed by atoms with Crippen LogP contribution >= 0.6 is 23.2 Å². The average Bonchev–Trinajstić information content (AvgIpc) is 2.19. The average molecular weight is 272 g/mol. The second-order valence-electron chi connectivity index (χ2n) is 3.64. The molecule has 0 fully saturated rings. The molecule has 0 saturated carbocycles. The molecular formula is C13H7Cl2F2. The summed E-state index contributed by atoms with van der Waals surface area (Å²) in [5.41, 5.74) is 0.595. The Bertz CT molecular complexity index is 557. The molecule has 0 nitrogen and oxygen atoms in total. The lowest BCUT2D eigenvalue weighted by Crippen LogP contribution is -1.92. The Morgan fingerprint density at radius 2 is 1.65 bits per heavy atom. The Balaban J connectivity index is 2.68. The van der Waals surface area contributed by atoms with Gasteiger partial charge in [0, 0.05) is 11.6 Å². The van der Waals surface area contributed by atoms with Crippen LogP contribution in [0.15, 0.2) is 24.3 Å². The number of hydrogen-bond acceptors (Lipinski definition) is 0. The van der Waals surface area contributed by atoms with Crippen LogP contribution < -0.4 is 0 Å². The number of hydrogen-bond donors (Lipinski definition) is 0. The first kappa shape index (κ1) is 12.3. The summed E-state index contributed by atoms with van der Waals surface area (Å²) in [7, 11) is 0. The molecular weight excluding hydrogens is 265 g/mol. The molecule has 0 aliphatic rings. The van der Waals surface area contributed by atoms with Crippen molar-refractivity contribution in [2.45, 2.75) is 6.92 Å². The van der Waals surface area contributed by atoms with Crippen molar-refractivity contribution in [1.82, 2.24) is 0 Å². The van der Waals surface area contributed by atoms with E-state index in [9.17, 15) is 8.78 Å². The summed E-state index contributed by atoms with van der Waals surface area (Å²) in [6, 6.07) is 8.07. The van der Waals surface area contributed by atoms with E-state index in [0.717, 1.165) is 0 Å². The summed E-state index contributed by atoms with van der Waals surface area (Å²) in [4.78, 5) is 0. The van der Waals surface area contributed by atoms with E-state index < -0.39 is 11.6 Å². The van der Waals surface area contributed by atoms with Crippen LogP contribution in [0.5, 0.6) is 0 Å². The maximum atomic E-state index is 13.7. The lowest BCUT2D eigenvalue weighted by atomic mass is 10.0. The largest absolute Gasteiger partial charge is 0.206 e. The highest BCUT2D eigenvalue weighted by Gasteiger charge is 2.15. The molecule has 0 unspecified atom stereocenters. The standard InChI is InChI=1S/C13H7Cl2F2/c1-7-4-11(16)13(12(17)5-7)9-3-2-8(14)6-10(9)15/h2-5H,1H3. The van der Waals surface area contributed by atoms with Crippen molar-refractivity contribution >= 4 is 23.2 Å². The molecule has 0 heterocycles. The highest BCUT2D eigenvalue weighted by atomic mass is 35.5. The quantitative estimate of drug-likeness (QED) is 0.681. The third-order valence-corrected chi connectivity index (χ3v) is 2.84. The zero-order chi connectivity index (χ0) is 12.6. The maximum Gasteiger partial charge on any atom is 0.134 e. The van der Waals surface area contributed by atoms with Crippen molar-refractivity contribution in [3.63, 3.8) is 0 Å². The summed E-state index contributed by atoms with van der Waals surface area (Å²) < 4.78 is 27.5. The molecule has 2 aromatic carbocycles. The van der Waals surface area contributed by atoms with Gasteiger partial charge in [-0.2, -0.15) is 0 Å². The summed E-state index contributed by atoms with van der Waals surface area (Å²) in [6.45, 7) is 1.62. The molecule has 0 spiro atoms. The van der Waals surface area contributed by atoms with Crippen LogP contribution in [-0.2, 0) is 0 Å². The van der Waals surface area contributed by atoms with Gasteiger partial charge >= 0.3 is 0 Å². The predicted molar refractivity (Wildman–Crippen MR) is 65.4 cm³/mol. The zero-order valence-corrected chi connectivity index (χ0v) is 10.3. The second-order valence-corrected chi connectivity index (χ2v) is 4.42. The van der Waals surface area contributed by atoms with E-state index in [1.54, 1.807) is 6.92 Å². The van der Waals surface area contributed by atoms with Crippen LogP contribution in [-0.4, -0.2) is 0 Å². The lowest BCUT2D eigenvalue weighted by molar-refractivity contribution is 0.588. The van der Waals surface area contributed by atoms with Crippen molar-refractivity contribution in [3.8, 4) is 11.1 Å². The van der Waals surface area contributed by atoms with Gasteiger partial charge in [-0.25, -0.2) is 8.78 Å². The van der Waals surface area contributed by atoms with E-state index in [4.69, 9.17) is 23.2 Å². The minimum absolute atomic E-state index is 0.0964. The van der Waals surface area contributed by atoms with Crippen molar-refractivity contribution in [2.75, 3.05) is 0 Å². The van der Waals surface area contributed by atoms with Crippen LogP contribution in [0.2, 0.25) is 10.0 Å². The molecule has 0 aliphatic carbocycles. The Morgan fingerprint density at radius 3 is 2.18 bits per heavy atom. The summed E-state index contributed by atoms with van der Waals surface area (Å²) in [6.07, 6.45) is 0. The van der Waals surface area contributed by atoms with Gasteiger partial charge in [-0.15, -0.1) is 0 Å². The molecule has 4 heteroatoms. The molecule has 0 aromatic heterocycles. The minimum atomic E-state index is -0.653. The van der Waals surface area contributed by atoms with Crippen LogP contribution in [0.4, 0.5) is 8.78 Å². The van der Waals surface area contributed by atoms with Crippen molar-refractivity contribution < 1.29 is 8.78 Å². The Kier molecular flexibility index (Phi) is 3.36. The van der Waals surface area contributed by atoms with E-state index in [1.807, 2.05) is 0 Å². The predicted octanol–water partition coefficient (Wildman–Crippen LogP) is 5.05. The topological polar surface area (TPSA) is 0 Å². The van der Waals surface area contributed by atoms with E-state index in [0.29, 0.717) is 10.6 Å². The first-order valence-corrected chi connectivity index (χ1v) is 5.58. The first-order valence-electron chi connectivity index (χ1n) is 4.82. The fourth-order valence-corrected chi connectivity index (χ4v) is 2.06. The minimum Gasteiger partial charge on any atom is -0.206 e. The van der Waals surface area contributed by atoms with Gasteiger partial charge in [0.2, 0.25) is 0 Å². The van der Waals surface area contributed by atoms with Gasteiger partial charge in [0.15, 0.2) is 0 Å². The van der Waals surface area contributed by atoms with Gasteiger partial charge in [0.1, 0.15) is 11.6 Å². The molecule has 0 amide bonds. The van der Waals surface area contributed by atoms with Gasteiger partial charge in [-0.3, -0.25) is 0 Å². The molecule has 2 aromatic rings. The molecule has 0 bridgehead atoms. The maximum absolute atomic E-state index is 13.7. The van der Waals surface area contributed by atoms with Gasteiger partial charge in [-0.05, 0) is 30.7 Å². The number of benzene rings is 2. The fourth-order valence-electron chi connectivity index (χ4n) is 1.59. The molecule has 0 N–H and O–H groups in total. The van der Waals surface area contributed by atoms with Crippen LogP contribution in [0.1, 0.15) is 5.56 Å². The smallest absolute Gasteiger partial charge is 0.134 e. The van der Waals surface area contributed by atoms with Crippen LogP contribution in [0.3, 0.4) is 0 Å². The Hall–Kier alpha value is -1.12. The molecule has 0 aliphatic heterocycles. The van der Waals surface area contributed by atoms with E-state index >= 15 is 0 Å². The van der Waals surface area contributed by atoms with E-state index in [-0.39, 0.29) is 16.1 Å². The molecule has 1 radical (unpaired) electrons. The monoisotopic (exact) mass is 271 g/mol. The first-order chi connectivity index (χ1) is 7.99. The van der Waals surface area contributed by atoms with Gasteiger partial charge in [-0.1, -0.05) is 29.3 Å². The normalized spacial score (nSPS) is 10.6. The highest BCUT2D eigenvalue weighted by molar-refractivity contribution is 6.36. The summed E-state index contributed by atoms with van der Waals surface area (Å²) in [5.74, 6) is -1.31. The Labute approximate surface area is 108 Å². The van der Waals surface area contributed by atoms with E-state index in [1.165, 1.54) is 24.3 Å². The number of aryl methyl sites for hydroxylation is 1. The third kappa shape index (κ3) is 2.43. The fraction of sp³-hybridized carbons (Fsp3) is 0.0769. The highest BCUT2D eigenvalue weighted by Crippen LogP contribution is 2.33. The van der Waals surface area contributed by atoms with Crippen molar-refractivity contribution in [2.24, 2.45) is 0 Å². The van der Waals surface area contributed by atoms with Gasteiger partial charge in [0.05, 0.1) is 15.6 Å². The summed E-state index contributed by atoms with van der Waals surface area (Å²) in [5, 5.41) is 0.394. The molecule has 2 rings (SSSR count). The zero-order valence-electron chi connectivity index (χ0n) is 8.82.